The minimum Gasteiger partial charge on any atom is -0.369 e. The zero-order valence-electron chi connectivity index (χ0n) is 10.0. The first-order chi connectivity index (χ1) is 7.65. The van der Waals surface area contributed by atoms with Crippen LogP contribution >= 0.6 is 0 Å². The van der Waals surface area contributed by atoms with Gasteiger partial charge in [-0.1, -0.05) is 13.8 Å². The lowest BCUT2D eigenvalue weighted by Crippen LogP contribution is -2.24. The number of aromatic nitrogens is 2. The van der Waals surface area contributed by atoms with E-state index >= 15 is 0 Å². The van der Waals surface area contributed by atoms with Crippen LogP contribution in [0.2, 0.25) is 0 Å². The summed E-state index contributed by atoms with van der Waals surface area (Å²) in [6, 6.07) is 2.03. The molecule has 1 heterocycles. The van der Waals surface area contributed by atoms with Crippen LogP contribution < -0.4 is 11.1 Å². The molecule has 3 N–H and O–H groups in total. The zero-order chi connectivity index (χ0) is 11.6. The summed E-state index contributed by atoms with van der Waals surface area (Å²) in [4.78, 5) is 8.47. The van der Waals surface area contributed by atoms with Crippen molar-refractivity contribution in [3.63, 3.8) is 0 Å². The minimum absolute atomic E-state index is 0.336. The van der Waals surface area contributed by atoms with Crippen molar-refractivity contribution in [1.29, 1.82) is 0 Å². The number of nitrogens with one attached hydrogen (secondary N) is 1. The Hall–Kier alpha value is -1.16. The second-order valence-corrected chi connectivity index (χ2v) is 5.04. The SMILES string of the molecule is CC(C)c1cc(NCC2(CN)CC2)ncn1. The normalized spacial score (nSPS) is 17.5. The smallest absolute Gasteiger partial charge is 0.129 e. The van der Waals surface area contributed by atoms with Crippen molar-refractivity contribution in [3.8, 4) is 0 Å². The monoisotopic (exact) mass is 220 g/mol. The van der Waals surface area contributed by atoms with Gasteiger partial charge in [0.15, 0.2) is 0 Å². The van der Waals surface area contributed by atoms with E-state index in [-0.39, 0.29) is 0 Å². The third-order valence-corrected chi connectivity index (χ3v) is 3.31. The molecule has 1 saturated carbocycles. The van der Waals surface area contributed by atoms with E-state index in [2.05, 4.69) is 29.1 Å². The molecule has 4 heteroatoms. The van der Waals surface area contributed by atoms with Crippen LogP contribution in [0.5, 0.6) is 0 Å². The Bertz CT molecular complexity index is 358. The molecule has 2 rings (SSSR count). The summed E-state index contributed by atoms with van der Waals surface area (Å²) in [6.07, 6.45) is 4.09. The lowest BCUT2D eigenvalue weighted by Gasteiger charge is -2.14. The van der Waals surface area contributed by atoms with E-state index in [4.69, 9.17) is 5.73 Å². The predicted molar refractivity (Wildman–Crippen MR) is 65.3 cm³/mol. The second-order valence-electron chi connectivity index (χ2n) is 5.04. The van der Waals surface area contributed by atoms with Gasteiger partial charge in [0.05, 0.1) is 0 Å². The van der Waals surface area contributed by atoms with Gasteiger partial charge in [-0.25, -0.2) is 9.97 Å². The van der Waals surface area contributed by atoms with Gasteiger partial charge in [-0.05, 0) is 30.7 Å². The van der Waals surface area contributed by atoms with Gasteiger partial charge in [0.2, 0.25) is 0 Å². The molecule has 0 amide bonds. The quantitative estimate of drug-likeness (QED) is 0.793. The molecule has 1 aromatic rings. The summed E-state index contributed by atoms with van der Waals surface area (Å²) >= 11 is 0. The standard InChI is InChI=1S/C12H20N4/c1-9(2)10-5-11(16-8-15-10)14-7-12(6-13)3-4-12/h5,8-9H,3-4,6-7,13H2,1-2H3,(H,14,15,16). The molecule has 0 aromatic carbocycles. The second kappa shape index (κ2) is 4.37. The molecular weight excluding hydrogens is 200 g/mol. The first-order valence-electron chi connectivity index (χ1n) is 5.91. The molecule has 1 aliphatic carbocycles. The largest absolute Gasteiger partial charge is 0.369 e. The van der Waals surface area contributed by atoms with Gasteiger partial charge < -0.3 is 11.1 Å². The molecule has 4 nitrogen and oxygen atoms in total. The molecule has 1 aliphatic rings. The Kier molecular flexibility index (Phi) is 3.10. The van der Waals surface area contributed by atoms with E-state index in [9.17, 15) is 0 Å². The Morgan fingerprint density at radius 1 is 1.44 bits per heavy atom. The summed E-state index contributed by atoms with van der Waals surface area (Å²) in [7, 11) is 0. The van der Waals surface area contributed by atoms with Crippen LogP contribution in [0.25, 0.3) is 0 Å². The van der Waals surface area contributed by atoms with E-state index in [0.717, 1.165) is 24.6 Å². The van der Waals surface area contributed by atoms with E-state index in [0.29, 0.717) is 11.3 Å². The molecule has 0 saturated heterocycles. The van der Waals surface area contributed by atoms with Gasteiger partial charge in [0, 0.05) is 18.3 Å². The highest BCUT2D eigenvalue weighted by Gasteiger charge is 2.40. The maximum absolute atomic E-state index is 5.74. The first-order valence-corrected chi connectivity index (χ1v) is 5.91. The molecule has 16 heavy (non-hydrogen) atoms. The topological polar surface area (TPSA) is 63.8 Å². The maximum Gasteiger partial charge on any atom is 0.129 e. The van der Waals surface area contributed by atoms with Crippen LogP contribution in [0.4, 0.5) is 5.82 Å². The number of hydrogen-bond acceptors (Lipinski definition) is 4. The molecule has 0 atom stereocenters. The van der Waals surface area contributed by atoms with Gasteiger partial charge in [0.25, 0.3) is 0 Å². The highest BCUT2D eigenvalue weighted by atomic mass is 15.0. The fourth-order valence-electron chi connectivity index (χ4n) is 1.69. The number of hydrogen-bond donors (Lipinski definition) is 2. The number of rotatable bonds is 5. The highest BCUT2D eigenvalue weighted by molar-refractivity contribution is 5.36. The first kappa shape index (κ1) is 11.3. The van der Waals surface area contributed by atoms with Crippen LogP contribution in [0.15, 0.2) is 12.4 Å². The van der Waals surface area contributed by atoms with Crippen molar-refractivity contribution in [1.82, 2.24) is 9.97 Å². The third kappa shape index (κ3) is 2.50. The van der Waals surface area contributed by atoms with Crippen LogP contribution in [0.3, 0.4) is 0 Å². The van der Waals surface area contributed by atoms with E-state index in [1.54, 1.807) is 6.33 Å². The molecule has 0 spiro atoms. The molecule has 1 aromatic heterocycles. The van der Waals surface area contributed by atoms with Crippen molar-refractivity contribution in [2.75, 3.05) is 18.4 Å². The lowest BCUT2D eigenvalue weighted by molar-refractivity contribution is 0.554. The Labute approximate surface area is 96.7 Å². The van der Waals surface area contributed by atoms with Crippen molar-refractivity contribution in [2.45, 2.75) is 32.6 Å². The van der Waals surface area contributed by atoms with Crippen LogP contribution in [0, 0.1) is 5.41 Å². The maximum atomic E-state index is 5.74. The average Bonchev–Trinajstić information content (AvgIpc) is 3.07. The van der Waals surface area contributed by atoms with Crippen LogP contribution in [0.1, 0.15) is 38.3 Å². The average molecular weight is 220 g/mol. The van der Waals surface area contributed by atoms with Gasteiger partial charge in [-0.3, -0.25) is 0 Å². The minimum atomic E-state index is 0.336. The van der Waals surface area contributed by atoms with E-state index in [1.165, 1.54) is 12.8 Å². The summed E-state index contributed by atoms with van der Waals surface area (Å²) in [5.74, 6) is 1.35. The molecule has 0 unspecified atom stereocenters. The molecule has 0 bridgehead atoms. The van der Waals surface area contributed by atoms with Gasteiger partial charge >= 0.3 is 0 Å². The number of nitrogens with two attached hydrogens (primary N) is 1. The van der Waals surface area contributed by atoms with E-state index in [1.807, 2.05) is 6.07 Å². The van der Waals surface area contributed by atoms with Crippen molar-refractivity contribution < 1.29 is 0 Å². The van der Waals surface area contributed by atoms with Crippen molar-refractivity contribution in [3.05, 3.63) is 18.1 Å². The predicted octanol–water partition coefficient (Wildman–Crippen LogP) is 1.75. The Morgan fingerprint density at radius 2 is 2.19 bits per heavy atom. The highest BCUT2D eigenvalue weighted by Crippen LogP contribution is 2.44. The third-order valence-electron chi connectivity index (χ3n) is 3.31. The fraction of sp³-hybridized carbons (Fsp3) is 0.667. The van der Waals surface area contributed by atoms with Crippen LogP contribution in [-0.2, 0) is 0 Å². The molecule has 0 aliphatic heterocycles. The van der Waals surface area contributed by atoms with Crippen LogP contribution in [-0.4, -0.2) is 23.1 Å². The number of nitrogens with zero attached hydrogens (tertiary/aromatic N) is 2. The summed E-state index contributed by atoms with van der Waals surface area (Å²) in [6.45, 7) is 5.96. The van der Waals surface area contributed by atoms with Crippen molar-refractivity contribution >= 4 is 5.82 Å². The van der Waals surface area contributed by atoms with Gasteiger partial charge in [-0.2, -0.15) is 0 Å². The molecule has 88 valence electrons. The molecule has 1 fully saturated rings. The summed E-state index contributed by atoms with van der Waals surface area (Å²) in [5, 5.41) is 3.36. The molecule has 0 radical (unpaired) electrons. The summed E-state index contributed by atoms with van der Waals surface area (Å²) in [5.41, 5.74) is 7.15. The number of anilines is 1. The zero-order valence-corrected chi connectivity index (χ0v) is 10.0. The van der Waals surface area contributed by atoms with Gasteiger partial charge in [0.1, 0.15) is 12.1 Å². The fourth-order valence-corrected chi connectivity index (χ4v) is 1.69. The molecular formula is C12H20N4. The lowest BCUT2D eigenvalue weighted by atomic mass is 10.1. The Balaban J connectivity index is 1.96. The Morgan fingerprint density at radius 3 is 2.75 bits per heavy atom. The van der Waals surface area contributed by atoms with Gasteiger partial charge in [-0.15, -0.1) is 0 Å². The summed E-state index contributed by atoms with van der Waals surface area (Å²) < 4.78 is 0. The van der Waals surface area contributed by atoms with E-state index < -0.39 is 0 Å². The van der Waals surface area contributed by atoms with Crippen molar-refractivity contribution in [2.24, 2.45) is 11.1 Å².